The Bertz CT molecular complexity index is 700. The van der Waals surface area contributed by atoms with Crippen LogP contribution in [0.25, 0.3) is 5.65 Å². The van der Waals surface area contributed by atoms with E-state index >= 15 is 0 Å². The van der Waals surface area contributed by atoms with E-state index in [1.54, 1.807) is 12.1 Å². The molecule has 2 rings (SSSR count). The number of carbonyl (C=O) groups is 1. The Hall–Kier alpha value is -2.58. The lowest BCUT2D eigenvalue weighted by Crippen LogP contribution is -2.33. The summed E-state index contributed by atoms with van der Waals surface area (Å²) in [6, 6.07) is 3.42. The van der Waals surface area contributed by atoms with Crippen molar-refractivity contribution in [3.63, 3.8) is 0 Å². The fraction of sp³-hybridized carbons (Fsp3) is 0.538. The number of ether oxygens (including phenoxy) is 1. The lowest BCUT2D eigenvalue weighted by molar-refractivity contribution is 0.0528. The molecular formula is C13H20N6O3. The van der Waals surface area contributed by atoms with E-state index in [-0.39, 0.29) is 5.69 Å². The normalized spacial score (nSPS) is 11.4. The summed E-state index contributed by atoms with van der Waals surface area (Å²) in [6.45, 7) is 6.52. The highest BCUT2D eigenvalue weighted by Crippen LogP contribution is 2.06. The Kier molecular flexibility index (Phi) is 4.64. The first-order valence-electron chi connectivity index (χ1n) is 7.00. The van der Waals surface area contributed by atoms with Gasteiger partial charge in [0.1, 0.15) is 11.4 Å². The average molecular weight is 308 g/mol. The summed E-state index contributed by atoms with van der Waals surface area (Å²) >= 11 is 0. The van der Waals surface area contributed by atoms with Crippen LogP contribution in [0, 0.1) is 0 Å². The zero-order valence-electron chi connectivity index (χ0n) is 12.8. The van der Waals surface area contributed by atoms with E-state index in [0.717, 1.165) is 0 Å². The van der Waals surface area contributed by atoms with Gasteiger partial charge in [-0.15, -0.1) is 5.10 Å². The molecule has 0 bridgehead atoms. The molecule has 2 aromatic rings. The van der Waals surface area contributed by atoms with Crippen LogP contribution < -0.4 is 16.3 Å². The highest BCUT2D eigenvalue weighted by molar-refractivity contribution is 5.67. The third kappa shape index (κ3) is 4.47. The van der Waals surface area contributed by atoms with Gasteiger partial charge < -0.3 is 15.4 Å². The molecule has 9 heteroatoms. The first-order chi connectivity index (χ1) is 10.3. The van der Waals surface area contributed by atoms with Crippen molar-refractivity contribution in [2.75, 3.05) is 18.4 Å². The van der Waals surface area contributed by atoms with Gasteiger partial charge >= 0.3 is 11.8 Å². The van der Waals surface area contributed by atoms with Gasteiger partial charge in [0.05, 0.1) is 0 Å². The summed E-state index contributed by atoms with van der Waals surface area (Å²) in [6.07, 6.45) is 0.260. The molecule has 0 aromatic carbocycles. The van der Waals surface area contributed by atoms with E-state index in [4.69, 9.17) is 4.74 Å². The number of amides is 1. The summed E-state index contributed by atoms with van der Waals surface area (Å²) in [7, 11) is 0. The highest BCUT2D eigenvalue weighted by Gasteiger charge is 2.15. The quantitative estimate of drug-likeness (QED) is 0.702. The van der Waals surface area contributed by atoms with Gasteiger partial charge in [0, 0.05) is 13.1 Å². The number of anilines is 1. The standard InChI is InChI=1S/C13H20N6O3/c1-13(2,3)22-12(21)15-8-4-7-14-9-5-6-10-16-17-11(20)19(10)18-9/h5-6H,4,7-8H2,1-3H3,(H,14,18)(H,15,21)(H,17,20). The number of alkyl carbamates (subject to hydrolysis) is 1. The van der Waals surface area contributed by atoms with Gasteiger partial charge in [0.15, 0.2) is 5.65 Å². The fourth-order valence-electron chi connectivity index (χ4n) is 1.71. The number of aromatic nitrogens is 4. The van der Waals surface area contributed by atoms with Gasteiger partial charge in [0.25, 0.3) is 0 Å². The molecule has 2 aromatic heterocycles. The van der Waals surface area contributed by atoms with Crippen LogP contribution in [0.2, 0.25) is 0 Å². The van der Waals surface area contributed by atoms with Crippen LogP contribution in [-0.2, 0) is 4.74 Å². The maximum Gasteiger partial charge on any atom is 0.407 e. The Morgan fingerprint density at radius 1 is 1.36 bits per heavy atom. The predicted octanol–water partition coefficient (Wildman–Crippen LogP) is 0.744. The van der Waals surface area contributed by atoms with Crippen molar-refractivity contribution in [2.24, 2.45) is 0 Å². The van der Waals surface area contributed by atoms with E-state index < -0.39 is 11.7 Å². The van der Waals surface area contributed by atoms with Crippen molar-refractivity contribution >= 4 is 17.6 Å². The second-order valence-corrected chi connectivity index (χ2v) is 5.73. The van der Waals surface area contributed by atoms with Gasteiger partial charge in [0.2, 0.25) is 0 Å². The molecule has 0 atom stereocenters. The first kappa shape index (κ1) is 15.8. The van der Waals surface area contributed by atoms with Crippen molar-refractivity contribution in [1.82, 2.24) is 25.1 Å². The van der Waals surface area contributed by atoms with E-state index in [0.29, 0.717) is 31.0 Å². The molecule has 0 spiro atoms. The number of hydrogen-bond donors (Lipinski definition) is 3. The molecule has 22 heavy (non-hydrogen) atoms. The molecule has 0 aliphatic carbocycles. The van der Waals surface area contributed by atoms with E-state index in [9.17, 15) is 9.59 Å². The second kappa shape index (κ2) is 6.46. The Balaban J connectivity index is 1.73. The zero-order valence-corrected chi connectivity index (χ0v) is 12.8. The smallest absolute Gasteiger partial charge is 0.407 e. The molecule has 9 nitrogen and oxygen atoms in total. The zero-order chi connectivity index (χ0) is 16.2. The second-order valence-electron chi connectivity index (χ2n) is 5.73. The average Bonchev–Trinajstić information content (AvgIpc) is 2.78. The first-order valence-corrected chi connectivity index (χ1v) is 7.00. The molecule has 120 valence electrons. The van der Waals surface area contributed by atoms with Crippen molar-refractivity contribution < 1.29 is 9.53 Å². The lowest BCUT2D eigenvalue weighted by Gasteiger charge is -2.19. The predicted molar refractivity (Wildman–Crippen MR) is 81.0 cm³/mol. The van der Waals surface area contributed by atoms with Crippen molar-refractivity contribution in [3.05, 3.63) is 22.6 Å². The summed E-state index contributed by atoms with van der Waals surface area (Å²) in [4.78, 5) is 22.8. The molecule has 0 aliphatic heterocycles. The number of aromatic amines is 1. The van der Waals surface area contributed by atoms with E-state index in [1.807, 2.05) is 20.8 Å². The number of nitrogens with one attached hydrogen (secondary N) is 3. The third-order valence-corrected chi connectivity index (χ3v) is 2.60. The maximum absolute atomic E-state index is 11.4. The van der Waals surface area contributed by atoms with Crippen LogP contribution in [0.3, 0.4) is 0 Å². The Morgan fingerprint density at radius 3 is 2.86 bits per heavy atom. The number of hydrogen-bond acceptors (Lipinski definition) is 6. The van der Waals surface area contributed by atoms with Crippen molar-refractivity contribution in [1.29, 1.82) is 0 Å². The largest absolute Gasteiger partial charge is 0.444 e. The van der Waals surface area contributed by atoms with E-state index in [2.05, 4.69) is 25.9 Å². The summed E-state index contributed by atoms with van der Waals surface area (Å²) < 4.78 is 6.31. The summed E-state index contributed by atoms with van der Waals surface area (Å²) in [5, 5.41) is 16.0. The minimum atomic E-state index is -0.500. The highest BCUT2D eigenvalue weighted by atomic mass is 16.6. The molecule has 0 radical (unpaired) electrons. The Morgan fingerprint density at radius 2 is 2.14 bits per heavy atom. The number of H-pyrrole nitrogens is 1. The number of carbonyl (C=O) groups excluding carboxylic acids is 1. The molecule has 0 unspecified atom stereocenters. The number of fused-ring (bicyclic) bond motifs is 1. The van der Waals surface area contributed by atoms with Crippen LogP contribution in [0.4, 0.5) is 10.6 Å². The molecule has 1 amide bonds. The molecule has 0 saturated heterocycles. The monoisotopic (exact) mass is 308 g/mol. The SMILES string of the molecule is CC(C)(C)OC(=O)NCCCNc1ccc2n[nH]c(=O)n2n1. The van der Waals surface area contributed by atoms with Crippen LogP contribution in [0.1, 0.15) is 27.2 Å². The van der Waals surface area contributed by atoms with Crippen LogP contribution in [0.5, 0.6) is 0 Å². The fourth-order valence-corrected chi connectivity index (χ4v) is 1.71. The number of nitrogens with zero attached hydrogens (tertiary/aromatic N) is 3. The molecule has 3 N–H and O–H groups in total. The minimum absolute atomic E-state index is 0.384. The summed E-state index contributed by atoms with van der Waals surface area (Å²) in [5.74, 6) is 0.563. The lowest BCUT2D eigenvalue weighted by atomic mass is 10.2. The van der Waals surface area contributed by atoms with Gasteiger partial charge in [-0.05, 0) is 39.3 Å². The maximum atomic E-state index is 11.4. The van der Waals surface area contributed by atoms with Crippen LogP contribution >= 0.6 is 0 Å². The summed E-state index contributed by atoms with van der Waals surface area (Å²) in [5.41, 5.74) is -0.424. The molecular weight excluding hydrogens is 288 g/mol. The van der Waals surface area contributed by atoms with Crippen molar-refractivity contribution in [3.8, 4) is 0 Å². The molecule has 2 heterocycles. The van der Waals surface area contributed by atoms with Gasteiger partial charge in [-0.1, -0.05) is 0 Å². The van der Waals surface area contributed by atoms with Gasteiger partial charge in [-0.3, -0.25) is 0 Å². The van der Waals surface area contributed by atoms with E-state index in [1.165, 1.54) is 4.52 Å². The topological polar surface area (TPSA) is 113 Å². The molecule has 0 saturated carbocycles. The van der Waals surface area contributed by atoms with Gasteiger partial charge in [-0.2, -0.15) is 9.61 Å². The van der Waals surface area contributed by atoms with Gasteiger partial charge in [-0.25, -0.2) is 14.7 Å². The third-order valence-electron chi connectivity index (χ3n) is 2.60. The molecule has 0 aliphatic rings. The van der Waals surface area contributed by atoms with Crippen LogP contribution in [-0.4, -0.2) is 44.6 Å². The van der Waals surface area contributed by atoms with Crippen molar-refractivity contribution in [2.45, 2.75) is 32.8 Å². The molecule has 0 fully saturated rings. The minimum Gasteiger partial charge on any atom is -0.444 e. The Labute approximate surface area is 127 Å². The number of rotatable bonds is 5. The van der Waals surface area contributed by atoms with Crippen LogP contribution in [0.15, 0.2) is 16.9 Å².